The van der Waals surface area contributed by atoms with Gasteiger partial charge < -0.3 is 4.74 Å². The number of ether oxygens (including phenoxy) is 1. The molecule has 2 aromatic carbocycles. The summed E-state index contributed by atoms with van der Waals surface area (Å²) in [6.45, 7) is 0. The molecule has 0 saturated carbocycles. The highest BCUT2D eigenvalue weighted by atomic mass is 35.5. The van der Waals surface area contributed by atoms with Gasteiger partial charge in [-0.3, -0.25) is 14.5 Å². The second-order valence-electron chi connectivity index (χ2n) is 6.99. The van der Waals surface area contributed by atoms with Gasteiger partial charge in [-0.25, -0.2) is 0 Å². The lowest BCUT2D eigenvalue weighted by atomic mass is 9.77. The molecule has 144 valence electrons. The molecule has 0 saturated heterocycles. The number of allylic oxidation sites excluding steroid dienone is 2. The Hall–Kier alpha value is -2.30. The van der Waals surface area contributed by atoms with Gasteiger partial charge in [-0.2, -0.15) is 0 Å². The molecule has 0 spiro atoms. The van der Waals surface area contributed by atoms with Crippen LogP contribution in [0.5, 0.6) is 5.75 Å². The van der Waals surface area contributed by atoms with Crippen molar-refractivity contribution in [3.8, 4) is 5.75 Å². The molecule has 1 aliphatic carbocycles. The van der Waals surface area contributed by atoms with Gasteiger partial charge >= 0.3 is 0 Å². The van der Waals surface area contributed by atoms with E-state index in [4.69, 9.17) is 27.9 Å². The molecule has 4 rings (SSSR count). The normalized spacial score (nSPS) is 19.7. The van der Waals surface area contributed by atoms with Crippen molar-refractivity contribution in [2.75, 3.05) is 12.0 Å². The largest absolute Gasteiger partial charge is 0.497 e. The van der Waals surface area contributed by atoms with Crippen LogP contribution in [0.3, 0.4) is 0 Å². The molecule has 1 atom stereocenters. The predicted octanol–water partition coefficient (Wildman–Crippen LogP) is 5.53. The van der Waals surface area contributed by atoms with E-state index in [0.717, 1.165) is 23.4 Å². The van der Waals surface area contributed by atoms with Crippen molar-refractivity contribution < 1.29 is 14.3 Å². The van der Waals surface area contributed by atoms with Crippen molar-refractivity contribution in [3.63, 3.8) is 0 Å². The van der Waals surface area contributed by atoms with E-state index in [1.165, 1.54) is 0 Å². The number of carbonyl (C=O) groups excluding carboxylic acids is 2. The summed E-state index contributed by atoms with van der Waals surface area (Å²) in [6, 6.07) is 12.5. The van der Waals surface area contributed by atoms with Crippen molar-refractivity contribution in [1.29, 1.82) is 0 Å². The molecule has 2 aliphatic rings. The van der Waals surface area contributed by atoms with E-state index in [1.54, 1.807) is 24.1 Å². The number of benzene rings is 2. The van der Waals surface area contributed by atoms with Crippen LogP contribution >= 0.6 is 23.2 Å². The first-order chi connectivity index (χ1) is 13.5. The predicted molar refractivity (Wildman–Crippen MR) is 110 cm³/mol. The van der Waals surface area contributed by atoms with Crippen molar-refractivity contribution in [1.82, 2.24) is 0 Å². The molecule has 4 nitrogen and oxygen atoms in total. The number of methoxy groups -OCH3 is 1. The fourth-order valence-corrected chi connectivity index (χ4v) is 4.61. The molecule has 1 unspecified atom stereocenters. The van der Waals surface area contributed by atoms with Crippen LogP contribution in [0.2, 0.25) is 10.0 Å². The molecular weight excluding hydrogens is 397 g/mol. The Labute approximate surface area is 173 Å². The number of anilines is 1. The van der Waals surface area contributed by atoms with E-state index < -0.39 is 0 Å². The molecule has 1 amide bonds. The van der Waals surface area contributed by atoms with Crippen molar-refractivity contribution in [2.45, 2.75) is 31.6 Å². The van der Waals surface area contributed by atoms with Gasteiger partial charge in [0.1, 0.15) is 5.75 Å². The Balaban J connectivity index is 1.84. The standard InChI is InChI=1S/C22H19Cl2NO3/c1-28-15-8-6-14(7-9-15)25-19-3-2-4-20(26)22(19)17(12-21(25)27)16-10-5-13(23)11-18(16)24/h5-11,17H,2-4,12H2,1H3. The molecule has 0 N–H and O–H groups in total. The summed E-state index contributed by atoms with van der Waals surface area (Å²) in [7, 11) is 1.60. The van der Waals surface area contributed by atoms with Crippen LogP contribution in [-0.2, 0) is 9.59 Å². The Kier molecular flexibility index (Phi) is 5.17. The number of Topliss-reactive ketones (excluding diaryl/α,β-unsaturated/α-hetero) is 1. The zero-order chi connectivity index (χ0) is 19.8. The molecule has 0 aromatic heterocycles. The lowest BCUT2D eigenvalue weighted by Crippen LogP contribution is -2.40. The van der Waals surface area contributed by atoms with Crippen LogP contribution in [0.15, 0.2) is 53.7 Å². The van der Waals surface area contributed by atoms with Crippen molar-refractivity contribution >= 4 is 40.6 Å². The number of nitrogens with zero attached hydrogens (tertiary/aromatic N) is 1. The molecular formula is C22H19Cl2NO3. The van der Waals surface area contributed by atoms with Crippen LogP contribution in [0.4, 0.5) is 5.69 Å². The van der Waals surface area contributed by atoms with Gasteiger partial charge in [-0.05, 0) is 54.8 Å². The highest BCUT2D eigenvalue weighted by Crippen LogP contribution is 2.45. The first-order valence-corrected chi connectivity index (χ1v) is 9.93. The molecule has 0 bridgehead atoms. The molecule has 0 radical (unpaired) electrons. The third kappa shape index (κ3) is 3.31. The van der Waals surface area contributed by atoms with Crippen LogP contribution < -0.4 is 9.64 Å². The average Bonchev–Trinajstić information content (AvgIpc) is 2.68. The van der Waals surface area contributed by atoms with Crippen molar-refractivity contribution in [2.24, 2.45) is 0 Å². The summed E-state index contributed by atoms with van der Waals surface area (Å²) in [5, 5.41) is 1.01. The second-order valence-corrected chi connectivity index (χ2v) is 7.83. The maximum Gasteiger partial charge on any atom is 0.232 e. The number of rotatable bonds is 3. The van der Waals surface area contributed by atoms with Gasteiger partial charge in [0.15, 0.2) is 5.78 Å². The van der Waals surface area contributed by atoms with Crippen LogP contribution in [0.25, 0.3) is 0 Å². The second kappa shape index (κ2) is 7.61. The Bertz CT molecular complexity index is 982. The van der Waals surface area contributed by atoms with Crippen LogP contribution in [-0.4, -0.2) is 18.8 Å². The Morgan fingerprint density at radius 1 is 1.04 bits per heavy atom. The van der Waals surface area contributed by atoms with Gasteiger partial charge in [0, 0.05) is 45.8 Å². The third-order valence-electron chi connectivity index (χ3n) is 5.34. The zero-order valence-corrected chi connectivity index (χ0v) is 16.9. The van der Waals surface area contributed by atoms with Crippen LogP contribution in [0.1, 0.15) is 37.2 Å². The van der Waals surface area contributed by atoms with Gasteiger partial charge in [-0.1, -0.05) is 29.3 Å². The summed E-state index contributed by atoms with van der Waals surface area (Å²) in [6.07, 6.45) is 2.10. The number of carbonyl (C=O) groups is 2. The number of ketones is 1. The molecule has 1 heterocycles. The molecule has 1 aliphatic heterocycles. The summed E-state index contributed by atoms with van der Waals surface area (Å²) < 4.78 is 5.21. The van der Waals surface area contributed by atoms with Gasteiger partial charge in [0.25, 0.3) is 0 Å². The first-order valence-electron chi connectivity index (χ1n) is 9.18. The number of hydrogen-bond acceptors (Lipinski definition) is 3. The first kappa shape index (κ1) is 19.0. The Morgan fingerprint density at radius 3 is 2.46 bits per heavy atom. The van der Waals surface area contributed by atoms with Crippen LogP contribution in [0, 0.1) is 0 Å². The number of halogens is 2. The van der Waals surface area contributed by atoms with Gasteiger partial charge in [0.05, 0.1) is 7.11 Å². The van der Waals surface area contributed by atoms with E-state index >= 15 is 0 Å². The van der Waals surface area contributed by atoms with Gasteiger partial charge in [0.2, 0.25) is 5.91 Å². The molecule has 28 heavy (non-hydrogen) atoms. The summed E-state index contributed by atoms with van der Waals surface area (Å²) in [5.41, 5.74) is 3.00. The van der Waals surface area contributed by atoms with Crippen molar-refractivity contribution in [3.05, 3.63) is 69.3 Å². The minimum absolute atomic E-state index is 0.0466. The number of hydrogen-bond donors (Lipinski definition) is 0. The maximum atomic E-state index is 13.2. The topological polar surface area (TPSA) is 46.6 Å². The SMILES string of the molecule is COc1ccc(N2C(=O)CC(c3ccc(Cl)cc3Cl)C3=C2CCCC3=O)cc1. The highest BCUT2D eigenvalue weighted by molar-refractivity contribution is 6.35. The fraction of sp³-hybridized carbons (Fsp3) is 0.273. The Morgan fingerprint density at radius 2 is 1.79 bits per heavy atom. The quantitative estimate of drug-likeness (QED) is 0.661. The molecule has 2 aromatic rings. The monoisotopic (exact) mass is 415 g/mol. The van der Waals surface area contributed by atoms with E-state index in [1.807, 2.05) is 30.3 Å². The minimum Gasteiger partial charge on any atom is -0.497 e. The summed E-state index contributed by atoms with van der Waals surface area (Å²) in [4.78, 5) is 27.7. The third-order valence-corrected chi connectivity index (χ3v) is 5.91. The zero-order valence-electron chi connectivity index (χ0n) is 15.4. The van der Waals surface area contributed by atoms with E-state index in [0.29, 0.717) is 34.2 Å². The highest BCUT2D eigenvalue weighted by Gasteiger charge is 2.40. The van der Waals surface area contributed by atoms with Gasteiger partial charge in [-0.15, -0.1) is 0 Å². The lowest BCUT2D eigenvalue weighted by molar-refractivity contribution is -0.119. The lowest BCUT2D eigenvalue weighted by Gasteiger charge is -2.38. The van der Waals surface area contributed by atoms with E-state index in [-0.39, 0.29) is 24.0 Å². The minimum atomic E-state index is -0.338. The summed E-state index contributed by atoms with van der Waals surface area (Å²) in [5.74, 6) is 0.417. The maximum absolute atomic E-state index is 13.2. The van der Waals surface area contributed by atoms with E-state index in [9.17, 15) is 9.59 Å². The number of amides is 1. The smallest absolute Gasteiger partial charge is 0.232 e. The van der Waals surface area contributed by atoms with E-state index in [2.05, 4.69) is 0 Å². The fourth-order valence-electron chi connectivity index (χ4n) is 4.07. The molecule has 0 fully saturated rings. The summed E-state index contributed by atoms with van der Waals surface area (Å²) >= 11 is 12.4. The molecule has 6 heteroatoms. The average molecular weight is 416 g/mol.